The lowest BCUT2D eigenvalue weighted by Gasteiger charge is -2.39. The molecule has 24 heavy (non-hydrogen) atoms. The second-order valence-electron chi connectivity index (χ2n) is 6.57. The maximum absolute atomic E-state index is 12.2. The number of nitrogens with zero attached hydrogens (tertiary/aromatic N) is 1. The number of piperidine rings is 1. The predicted octanol–water partition coefficient (Wildman–Crippen LogP) is 3.08. The van der Waals surface area contributed by atoms with Gasteiger partial charge in [-0.25, -0.2) is 0 Å². The van der Waals surface area contributed by atoms with Gasteiger partial charge in [-0.05, 0) is 81.0 Å². The molecule has 0 saturated carbocycles. The minimum absolute atomic E-state index is 0.188. The molecule has 1 aliphatic rings. The van der Waals surface area contributed by atoms with Gasteiger partial charge in [-0.1, -0.05) is 19.1 Å². The molecule has 0 amide bonds. The number of ether oxygens (including phenoxy) is 1. The molecule has 0 bridgehead atoms. The standard InChI is InChI=1S/C19H29ClN2O2/c1-4-22(18(19(20)23)16-9-11-21-12-10-16)14(2)13-15-5-7-17(24-3)8-6-15/h5-8,14,16,18,21H,4,9-13H2,1-3H3. The fourth-order valence-electron chi connectivity index (χ4n) is 3.75. The van der Waals surface area contributed by atoms with Crippen molar-refractivity contribution in [3.63, 3.8) is 0 Å². The summed E-state index contributed by atoms with van der Waals surface area (Å²) in [6.07, 6.45) is 2.91. The van der Waals surface area contributed by atoms with E-state index in [-0.39, 0.29) is 17.3 Å². The van der Waals surface area contributed by atoms with E-state index in [1.54, 1.807) is 7.11 Å². The number of carbonyl (C=O) groups is 1. The summed E-state index contributed by atoms with van der Waals surface area (Å²) in [5.74, 6) is 1.21. The smallest absolute Gasteiger partial charge is 0.239 e. The Hall–Kier alpha value is -1.10. The number of nitrogens with one attached hydrogen (secondary N) is 1. The van der Waals surface area contributed by atoms with Crippen molar-refractivity contribution in [1.82, 2.24) is 10.2 Å². The highest BCUT2D eigenvalue weighted by Crippen LogP contribution is 2.26. The van der Waals surface area contributed by atoms with E-state index in [2.05, 4.69) is 36.2 Å². The summed E-state index contributed by atoms with van der Waals surface area (Å²) in [7, 11) is 1.67. The van der Waals surface area contributed by atoms with Gasteiger partial charge in [0.05, 0.1) is 13.2 Å². The van der Waals surface area contributed by atoms with Gasteiger partial charge in [-0.15, -0.1) is 0 Å². The minimum atomic E-state index is -0.217. The molecule has 1 N–H and O–H groups in total. The Balaban J connectivity index is 2.09. The molecule has 0 aromatic heterocycles. The molecule has 0 spiro atoms. The number of hydrogen-bond acceptors (Lipinski definition) is 4. The molecule has 0 aliphatic carbocycles. The summed E-state index contributed by atoms with van der Waals surface area (Å²) >= 11 is 6.02. The number of benzene rings is 1. The largest absolute Gasteiger partial charge is 0.497 e. The van der Waals surface area contributed by atoms with Crippen LogP contribution in [-0.4, -0.2) is 49.0 Å². The van der Waals surface area contributed by atoms with Gasteiger partial charge in [0.1, 0.15) is 5.75 Å². The Morgan fingerprint density at radius 3 is 2.46 bits per heavy atom. The van der Waals surface area contributed by atoms with Crippen molar-refractivity contribution in [3.05, 3.63) is 29.8 Å². The molecule has 1 aromatic carbocycles. The first-order valence-corrected chi connectivity index (χ1v) is 9.23. The third kappa shape index (κ3) is 4.95. The third-order valence-corrected chi connectivity index (χ3v) is 5.27. The van der Waals surface area contributed by atoms with Crippen LogP contribution in [0.1, 0.15) is 32.3 Å². The molecule has 1 aliphatic heterocycles. The van der Waals surface area contributed by atoms with Crippen LogP contribution in [-0.2, 0) is 11.2 Å². The number of likely N-dealkylation sites (N-methyl/N-ethyl adjacent to an activating group) is 1. The summed E-state index contributed by atoms with van der Waals surface area (Å²) in [5, 5.41) is 3.14. The molecule has 134 valence electrons. The molecule has 1 saturated heterocycles. The zero-order valence-corrected chi connectivity index (χ0v) is 15.7. The lowest BCUT2D eigenvalue weighted by atomic mass is 9.88. The highest BCUT2D eigenvalue weighted by molar-refractivity contribution is 6.64. The molecule has 1 aromatic rings. The summed E-state index contributed by atoms with van der Waals surface area (Å²) in [5.41, 5.74) is 1.24. The number of rotatable bonds is 8. The fourth-order valence-corrected chi connectivity index (χ4v) is 4.05. The Labute approximate surface area is 150 Å². The van der Waals surface area contributed by atoms with E-state index in [0.717, 1.165) is 44.6 Å². The maximum Gasteiger partial charge on any atom is 0.239 e. The average Bonchev–Trinajstić information content (AvgIpc) is 2.60. The molecule has 4 nitrogen and oxygen atoms in total. The van der Waals surface area contributed by atoms with Gasteiger partial charge in [0.15, 0.2) is 0 Å². The molecular weight excluding hydrogens is 324 g/mol. The van der Waals surface area contributed by atoms with Crippen LogP contribution in [0.4, 0.5) is 0 Å². The normalized spacial score (nSPS) is 18.4. The molecule has 2 unspecified atom stereocenters. The van der Waals surface area contributed by atoms with Gasteiger partial charge >= 0.3 is 0 Å². The van der Waals surface area contributed by atoms with Crippen molar-refractivity contribution in [1.29, 1.82) is 0 Å². The Bertz CT molecular complexity index is 515. The maximum atomic E-state index is 12.2. The molecule has 1 heterocycles. The van der Waals surface area contributed by atoms with Crippen molar-refractivity contribution in [2.45, 2.75) is 45.2 Å². The van der Waals surface area contributed by atoms with Crippen LogP contribution in [0.5, 0.6) is 5.75 Å². The Kier molecular flexibility index (Phi) is 7.53. The molecular formula is C19H29ClN2O2. The van der Waals surface area contributed by atoms with Crippen LogP contribution in [0.2, 0.25) is 0 Å². The number of carbonyl (C=O) groups excluding carboxylic acids is 1. The summed E-state index contributed by atoms with van der Waals surface area (Å²) in [6, 6.07) is 8.21. The number of halogens is 1. The predicted molar refractivity (Wildman–Crippen MR) is 98.8 cm³/mol. The minimum Gasteiger partial charge on any atom is -0.497 e. The van der Waals surface area contributed by atoms with Crippen LogP contribution in [0.25, 0.3) is 0 Å². The lowest BCUT2D eigenvalue weighted by molar-refractivity contribution is -0.119. The third-order valence-electron chi connectivity index (χ3n) is 5.04. The van der Waals surface area contributed by atoms with Crippen LogP contribution < -0.4 is 10.1 Å². The molecule has 5 heteroatoms. The second-order valence-corrected chi connectivity index (χ2v) is 6.94. The molecule has 1 fully saturated rings. The van der Waals surface area contributed by atoms with Gasteiger partial charge in [-0.3, -0.25) is 9.69 Å². The second kappa shape index (κ2) is 9.40. The van der Waals surface area contributed by atoms with Crippen molar-refractivity contribution in [2.75, 3.05) is 26.7 Å². The first-order valence-electron chi connectivity index (χ1n) is 8.85. The molecule has 0 radical (unpaired) electrons. The van der Waals surface area contributed by atoms with E-state index in [0.29, 0.717) is 5.92 Å². The summed E-state index contributed by atoms with van der Waals surface area (Å²) < 4.78 is 5.21. The van der Waals surface area contributed by atoms with Gasteiger partial charge in [-0.2, -0.15) is 0 Å². The fraction of sp³-hybridized carbons (Fsp3) is 0.632. The van der Waals surface area contributed by atoms with Crippen molar-refractivity contribution >= 4 is 16.8 Å². The Morgan fingerprint density at radius 2 is 1.96 bits per heavy atom. The average molecular weight is 353 g/mol. The van der Waals surface area contributed by atoms with E-state index in [1.165, 1.54) is 5.56 Å². The van der Waals surface area contributed by atoms with Gasteiger partial charge in [0.25, 0.3) is 0 Å². The zero-order valence-electron chi connectivity index (χ0n) is 14.9. The monoisotopic (exact) mass is 352 g/mol. The molecule has 2 rings (SSSR count). The van der Waals surface area contributed by atoms with Crippen LogP contribution >= 0.6 is 11.6 Å². The summed E-state index contributed by atoms with van der Waals surface area (Å²) in [4.78, 5) is 14.4. The highest BCUT2D eigenvalue weighted by atomic mass is 35.5. The van der Waals surface area contributed by atoms with Crippen LogP contribution in [0, 0.1) is 5.92 Å². The molecule has 2 atom stereocenters. The van der Waals surface area contributed by atoms with Gasteiger partial charge < -0.3 is 10.1 Å². The van der Waals surface area contributed by atoms with Crippen LogP contribution in [0.15, 0.2) is 24.3 Å². The van der Waals surface area contributed by atoms with E-state index in [9.17, 15) is 4.79 Å². The van der Waals surface area contributed by atoms with Crippen molar-refractivity contribution in [2.24, 2.45) is 5.92 Å². The lowest BCUT2D eigenvalue weighted by Crippen LogP contribution is -2.51. The summed E-state index contributed by atoms with van der Waals surface area (Å²) in [6.45, 7) is 7.05. The van der Waals surface area contributed by atoms with Crippen molar-refractivity contribution in [3.8, 4) is 5.75 Å². The first-order chi connectivity index (χ1) is 11.6. The van der Waals surface area contributed by atoms with Crippen LogP contribution in [0.3, 0.4) is 0 Å². The quantitative estimate of drug-likeness (QED) is 0.730. The van der Waals surface area contributed by atoms with Gasteiger partial charge in [0.2, 0.25) is 5.24 Å². The SMILES string of the molecule is CCN(C(C)Cc1ccc(OC)cc1)C(C(=O)Cl)C1CCNCC1. The van der Waals surface area contributed by atoms with E-state index < -0.39 is 0 Å². The number of methoxy groups -OCH3 is 1. The Morgan fingerprint density at radius 1 is 1.33 bits per heavy atom. The van der Waals surface area contributed by atoms with E-state index in [4.69, 9.17) is 16.3 Å². The van der Waals surface area contributed by atoms with Crippen molar-refractivity contribution < 1.29 is 9.53 Å². The number of hydrogen-bond donors (Lipinski definition) is 1. The van der Waals surface area contributed by atoms with E-state index >= 15 is 0 Å². The van der Waals surface area contributed by atoms with Gasteiger partial charge in [0, 0.05) is 6.04 Å². The zero-order chi connectivity index (χ0) is 17.5. The first kappa shape index (κ1) is 19.2. The highest BCUT2D eigenvalue weighted by Gasteiger charge is 2.35. The van der Waals surface area contributed by atoms with E-state index in [1.807, 2.05) is 12.1 Å². The topological polar surface area (TPSA) is 41.6 Å².